The van der Waals surface area contributed by atoms with Crippen molar-refractivity contribution in [3.8, 4) is 5.69 Å². The van der Waals surface area contributed by atoms with Crippen LogP contribution < -0.4 is 0 Å². The van der Waals surface area contributed by atoms with Crippen LogP contribution in [0.3, 0.4) is 0 Å². The summed E-state index contributed by atoms with van der Waals surface area (Å²) in [5, 5.41) is 13.1. The highest BCUT2D eigenvalue weighted by atomic mass is 79.9. The zero-order valence-electron chi connectivity index (χ0n) is 9.12. The molecule has 0 aliphatic rings. The van der Waals surface area contributed by atoms with Crippen LogP contribution in [0.1, 0.15) is 16.1 Å². The van der Waals surface area contributed by atoms with E-state index in [9.17, 15) is 4.79 Å². The van der Waals surface area contributed by atoms with E-state index < -0.39 is 5.97 Å². The third-order valence-corrected chi connectivity index (χ3v) is 3.98. The van der Waals surface area contributed by atoms with Crippen LogP contribution in [0.15, 0.2) is 31.7 Å². The normalized spacial score (nSPS) is 10.7. The number of hydrogen-bond acceptors (Lipinski definition) is 2. The minimum absolute atomic E-state index is 0.0525. The maximum absolute atomic E-state index is 11.0. The molecule has 18 heavy (non-hydrogen) atoms. The van der Waals surface area contributed by atoms with E-state index in [-0.39, 0.29) is 5.69 Å². The predicted molar refractivity (Wildman–Crippen MR) is 78.4 cm³/mol. The summed E-state index contributed by atoms with van der Waals surface area (Å²) in [4.78, 5) is 11.0. The van der Waals surface area contributed by atoms with E-state index in [0.717, 1.165) is 19.1 Å². The van der Waals surface area contributed by atoms with Crippen molar-refractivity contribution < 1.29 is 9.90 Å². The molecule has 0 atom stereocenters. The number of carboxylic acids is 1. The van der Waals surface area contributed by atoms with E-state index in [1.54, 1.807) is 17.8 Å². The van der Waals surface area contributed by atoms with Gasteiger partial charge in [0.25, 0.3) is 0 Å². The van der Waals surface area contributed by atoms with Gasteiger partial charge in [-0.1, -0.05) is 15.9 Å². The number of carbonyl (C=O) groups is 1. The number of aromatic carboxylic acids is 1. The first kappa shape index (κ1) is 13.8. The van der Waals surface area contributed by atoms with Gasteiger partial charge in [0, 0.05) is 25.2 Å². The zero-order valence-corrected chi connectivity index (χ0v) is 13.9. The van der Waals surface area contributed by atoms with Crippen LogP contribution in [0, 0.1) is 6.92 Å². The second-order valence-corrected chi connectivity index (χ2v) is 6.25. The van der Waals surface area contributed by atoms with Crippen molar-refractivity contribution in [2.45, 2.75) is 6.92 Å². The summed E-state index contributed by atoms with van der Waals surface area (Å²) in [7, 11) is 0. The van der Waals surface area contributed by atoms with E-state index in [4.69, 9.17) is 5.11 Å². The minimum Gasteiger partial charge on any atom is -0.476 e. The molecule has 0 unspecified atom stereocenters. The van der Waals surface area contributed by atoms with Gasteiger partial charge in [-0.3, -0.25) is 0 Å². The molecule has 1 heterocycles. The van der Waals surface area contributed by atoms with Crippen LogP contribution in [0.25, 0.3) is 5.69 Å². The number of carboxylic acid groups (broad SMARTS) is 1. The maximum Gasteiger partial charge on any atom is 0.356 e. The summed E-state index contributed by atoms with van der Waals surface area (Å²) in [6, 6.07) is 3.75. The average Bonchev–Trinajstić information content (AvgIpc) is 2.58. The smallest absolute Gasteiger partial charge is 0.356 e. The molecular formula is C11H7Br3N2O2. The van der Waals surface area contributed by atoms with Crippen molar-refractivity contribution in [3.63, 3.8) is 0 Å². The van der Waals surface area contributed by atoms with Gasteiger partial charge in [-0.2, -0.15) is 5.10 Å². The lowest BCUT2D eigenvalue weighted by Crippen LogP contribution is -2.02. The van der Waals surface area contributed by atoms with Crippen LogP contribution in [0.4, 0.5) is 0 Å². The van der Waals surface area contributed by atoms with Gasteiger partial charge in [0.2, 0.25) is 0 Å². The second kappa shape index (κ2) is 5.14. The molecule has 2 rings (SSSR count). The lowest BCUT2D eigenvalue weighted by molar-refractivity contribution is 0.0689. The maximum atomic E-state index is 11.0. The van der Waals surface area contributed by atoms with E-state index in [1.165, 1.54) is 0 Å². The van der Waals surface area contributed by atoms with Gasteiger partial charge in [0.1, 0.15) is 0 Å². The summed E-state index contributed by atoms with van der Waals surface area (Å²) in [5.41, 5.74) is 1.43. The Morgan fingerprint density at radius 3 is 2.28 bits per heavy atom. The van der Waals surface area contributed by atoms with Crippen LogP contribution in [-0.2, 0) is 0 Å². The first-order chi connectivity index (χ1) is 8.40. The highest BCUT2D eigenvalue weighted by Crippen LogP contribution is 2.32. The highest BCUT2D eigenvalue weighted by molar-refractivity contribution is 9.11. The van der Waals surface area contributed by atoms with Crippen molar-refractivity contribution >= 4 is 53.8 Å². The summed E-state index contributed by atoms with van der Waals surface area (Å²) < 4.78 is 4.07. The summed E-state index contributed by atoms with van der Waals surface area (Å²) >= 11 is 10.3. The Hall–Kier alpha value is -0.660. The lowest BCUT2D eigenvalue weighted by Gasteiger charge is -2.08. The molecule has 0 radical (unpaired) electrons. The molecule has 94 valence electrons. The molecule has 1 aromatic heterocycles. The molecule has 7 heteroatoms. The van der Waals surface area contributed by atoms with Crippen molar-refractivity contribution in [2.24, 2.45) is 0 Å². The number of aryl methyl sites for hydroxylation is 1. The fourth-order valence-corrected chi connectivity index (χ4v) is 4.16. The number of rotatable bonds is 2. The Bertz CT molecular complexity index is 614. The lowest BCUT2D eigenvalue weighted by atomic mass is 10.3. The molecule has 2 aromatic rings. The fraction of sp³-hybridized carbons (Fsp3) is 0.0909. The van der Waals surface area contributed by atoms with Crippen molar-refractivity contribution in [1.29, 1.82) is 0 Å². The number of aromatic nitrogens is 2. The molecule has 0 aliphatic heterocycles. The van der Waals surface area contributed by atoms with E-state index in [2.05, 4.69) is 52.9 Å². The number of hydrogen-bond donors (Lipinski definition) is 1. The minimum atomic E-state index is -1.03. The van der Waals surface area contributed by atoms with Gasteiger partial charge in [0.05, 0.1) is 5.69 Å². The molecule has 0 saturated carbocycles. The molecule has 0 amide bonds. The molecule has 0 saturated heterocycles. The summed E-state index contributed by atoms with van der Waals surface area (Å²) in [6.45, 7) is 1.72. The van der Waals surface area contributed by atoms with E-state index >= 15 is 0 Å². The molecule has 0 aliphatic carbocycles. The largest absolute Gasteiger partial charge is 0.476 e. The Kier molecular flexibility index (Phi) is 3.93. The van der Waals surface area contributed by atoms with E-state index in [1.807, 2.05) is 12.1 Å². The van der Waals surface area contributed by atoms with Gasteiger partial charge in [0.15, 0.2) is 5.69 Å². The Labute approximate surface area is 128 Å². The summed E-state index contributed by atoms with van der Waals surface area (Å²) in [6.07, 6.45) is 1.68. The van der Waals surface area contributed by atoms with Crippen molar-refractivity contribution in [1.82, 2.24) is 9.78 Å². The topological polar surface area (TPSA) is 55.1 Å². The molecule has 0 bridgehead atoms. The molecule has 1 aromatic carbocycles. The van der Waals surface area contributed by atoms with Gasteiger partial charge in [-0.15, -0.1) is 0 Å². The van der Waals surface area contributed by atoms with Crippen LogP contribution in [0.2, 0.25) is 0 Å². The first-order valence-electron chi connectivity index (χ1n) is 4.84. The Balaban J connectivity index is 2.63. The fourth-order valence-electron chi connectivity index (χ4n) is 1.54. The Morgan fingerprint density at radius 1 is 1.28 bits per heavy atom. The molecule has 0 fully saturated rings. The summed E-state index contributed by atoms with van der Waals surface area (Å²) in [5.74, 6) is -1.03. The van der Waals surface area contributed by atoms with Crippen LogP contribution in [0.5, 0.6) is 0 Å². The monoisotopic (exact) mass is 436 g/mol. The average molecular weight is 439 g/mol. The quantitative estimate of drug-likeness (QED) is 0.765. The molecule has 0 spiro atoms. The van der Waals surface area contributed by atoms with E-state index in [0.29, 0.717) is 5.56 Å². The Morgan fingerprint density at radius 2 is 1.83 bits per heavy atom. The van der Waals surface area contributed by atoms with Crippen LogP contribution in [-0.4, -0.2) is 20.9 Å². The zero-order chi connectivity index (χ0) is 13.4. The van der Waals surface area contributed by atoms with Gasteiger partial charge < -0.3 is 5.11 Å². The van der Waals surface area contributed by atoms with Crippen molar-refractivity contribution in [2.75, 3.05) is 0 Å². The third kappa shape index (κ3) is 2.53. The van der Waals surface area contributed by atoms with Gasteiger partial charge in [-0.25, -0.2) is 9.48 Å². The molecule has 4 nitrogen and oxygen atoms in total. The van der Waals surface area contributed by atoms with Crippen LogP contribution >= 0.6 is 47.8 Å². The first-order valence-corrected chi connectivity index (χ1v) is 7.22. The number of benzene rings is 1. The number of halogens is 3. The standard InChI is InChI=1S/C11H7Br3N2O2/c1-5-4-16(15-9(5)11(17)18)10-7(13)2-6(12)3-8(10)14/h2-4H,1H3,(H,17,18). The van der Waals surface area contributed by atoms with Gasteiger partial charge in [-0.05, 0) is 50.9 Å². The van der Waals surface area contributed by atoms with Gasteiger partial charge >= 0.3 is 5.97 Å². The predicted octanol–water partition coefficient (Wildman–Crippen LogP) is 4.17. The highest BCUT2D eigenvalue weighted by Gasteiger charge is 2.16. The SMILES string of the molecule is Cc1cn(-c2c(Br)cc(Br)cc2Br)nc1C(=O)O. The molecule has 1 N–H and O–H groups in total. The number of nitrogens with zero attached hydrogens (tertiary/aromatic N) is 2. The second-order valence-electron chi connectivity index (χ2n) is 3.63. The molecular weight excluding hydrogens is 432 g/mol. The third-order valence-electron chi connectivity index (χ3n) is 2.31. The van der Waals surface area contributed by atoms with Crippen molar-refractivity contribution in [3.05, 3.63) is 43.0 Å².